The van der Waals surface area contributed by atoms with Crippen LogP contribution < -0.4 is 0 Å². The van der Waals surface area contributed by atoms with Crippen molar-refractivity contribution >= 4 is 5.97 Å². The third-order valence-corrected chi connectivity index (χ3v) is 1.57. The zero-order valence-electron chi connectivity index (χ0n) is 7.66. The molecule has 0 aromatic carbocycles. The smallest absolute Gasteiger partial charge is 0.310 e. The molecule has 14 heavy (non-hydrogen) atoms. The molecule has 0 fully saturated rings. The summed E-state index contributed by atoms with van der Waals surface area (Å²) >= 11 is 0. The van der Waals surface area contributed by atoms with Gasteiger partial charge in [-0.3, -0.25) is 4.79 Å². The molecule has 0 aliphatic rings. The van der Waals surface area contributed by atoms with E-state index in [1.54, 1.807) is 6.92 Å². The summed E-state index contributed by atoms with van der Waals surface area (Å²) in [6, 6.07) is 1.01. The van der Waals surface area contributed by atoms with Gasteiger partial charge in [-0.25, -0.2) is 4.98 Å². The second kappa shape index (κ2) is 4.55. The number of nitrogens with zero attached hydrogens (tertiary/aromatic N) is 1. The molecule has 1 rings (SSSR count). The Labute approximate surface area is 80.3 Å². The van der Waals surface area contributed by atoms with Crippen LogP contribution in [0.3, 0.4) is 0 Å². The molecule has 0 amide bonds. The molecule has 0 atom stereocenters. The molecule has 1 aromatic rings. The molecule has 0 saturated carbocycles. The number of halogens is 1. The highest BCUT2D eigenvalue weighted by Gasteiger charge is 2.09. The quantitative estimate of drug-likeness (QED) is 0.583. The predicted octanol–water partition coefficient (Wildman–Crippen LogP) is 1.03. The predicted molar refractivity (Wildman–Crippen MR) is 46.2 cm³/mol. The van der Waals surface area contributed by atoms with Crippen LogP contribution in [0.2, 0.25) is 0 Å². The van der Waals surface area contributed by atoms with Crippen molar-refractivity contribution < 1.29 is 19.0 Å². The van der Waals surface area contributed by atoms with E-state index in [4.69, 9.17) is 0 Å². The van der Waals surface area contributed by atoms with Crippen LogP contribution in [0.5, 0.6) is 5.75 Å². The average Bonchev–Trinajstić information content (AvgIpc) is 2.12. The number of carbonyl (C=O) groups excluding carboxylic acids is 1. The summed E-state index contributed by atoms with van der Waals surface area (Å²) < 4.78 is 17.3. The fourth-order valence-corrected chi connectivity index (χ4v) is 0.970. The van der Waals surface area contributed by atoms with Gasteiger partial charge in [-0.1, -0.05) is 0 Å². The van der Waals surface area contributed by atoms with Gasteiger partial charge < -0.3 is 9.84 Å². The lowest BCUT2D eigenvalue weighted by molar-refractivity contribution is -0.142. The van der Waals surface area contributed by atoms with Gasteiger partial charge in [0.2, 0.25) is 5.95 Å². The van der Waals surface area contributed by atoms with E-state index in [2.05, 4.69) is 9.72 Å². The van der Waals surface area contributed by atoms with Crippen LogP contribution in [-0.2, 0) is 16.0 Å². The second-order valence-electron chi connectivity index (χ2n) is 2.62. The van der Waals surface area contributed by atoms with E-state index in [1.807, 2.05) is 0 Å². The molecule has 76 valence electrons. The molecule has 1 heterocycles. The number of esters is 1. The van der Waals surface area contributed by atoms with Crippen LogP contribution in [0.4, 0.5) is 4.39 Å². The largest absolute Gasteiger partial charge is 0.506 e. The summed E-state index contributed by atoms with van der Waals surface area (Å²) in [5, 5.41) is 9.22. The van der Waals surface area contributed by atoms with E-state index in [-0.39, 0.29) is 24.3 Å². The number of aromatic nitrogens is 1. The fraction of sp³-hybridized carbons (Fsp3) is 0.333. The molecular formula is C9H10FNO3. The van der Waals surface area contributed by atoms with E-state index >= 15 is 0 Å². The van der Waals surface area contributed by atoms with E-state index < -0.39 is 11.9 Å². The second-order valence-corrected chi connectivity index (χ2v) is 2.62. The number of rotatable bonds is 3. The maximum absolute atomic E-state index is 12.6. The number of aromatic hydroxyl groups is 1. The lowest BCUT2D eigenvalue weighted by Crippen LogP contribution is -2.08. The Morgan fingerprint density at radius 2 is 2.43 bits per heavy atom. The highest BCUT2D eigenvalue weighted by Crippen LogP contribution is 2.16. The van der Waals surface area contributed by atoms with Gasteiger partial charge in [-0.2, -0.15) is 4.39 Å². The average molecular weight is 199 g/mol. The first-order valence-electron chi connectivity index (χ1n) is 4.12. The van der Waals surface area contributed by atoms with Crippen molar-refractivity contribution in [2.45, 2.75) is 13.3 Å². The van der Waals surface area contributed by atoms with Crippen molar-refractivity contribution in [3.8, 4) is 5.75 Å². The molecule has 0 spiro atoms. The SMILES string of the molecule is CCOC(=O)Cc1cc(F)ncc1O. The van der Waals surface area contributed by atoms with E-state index in [9.17, 15) is 14.3 Å². The van der Waals surface area contributed by atoms with E-state index in [0.717, 1.165) is 12.3 Å². The Morgan fingerprint density at radius 1 is 1.71 bits per heavy atom. The fourth-order valence-electron chi connectivity index (χ4n) is 0.970. The third-order valence-electron chi connectivity index (χ3n) is 1.57. The number of ether oxygens (including phenoxy) is 1. The molecule has 0 unspecified atom stereocenters. The van der Waals surface area contributed by atoms with Crippen molar-refractivity contribution in [3.05, 3.63) is 23.8 Å². The topological polar surface area (TPSA) is 59.4 Å². The van der Waals surface area contributed by atoms with Gasteiger partial charge in [-0.05, 0) is 6.92 Å². The van der Waals surface area contributed by atoms with Crippen molar-refractivity contribution in [3.63, 3.8) is 0 Å². The Hall–Kier alpha value is -1.65. The van der Waals surface area contributed by atoms with Crippen molar-refractivity contribution in [1.29, 1.82) is 0 Å². The molecule has 0 saturated heterocycles. The minimum atomic E-state index is -0.734. The van der Waals surface area contributed by atoms with Crippen LogP contribution in [0.25, 0.3) is 0 Å². The molecule has 1 aromatic heterocycles. The van der Waals surface area contributed by atoms with Crippen LogP contribution >= 0.6 is 0 Å². The van der Waals surface area contributed by atoms with Crippen LogP contribution in [0.1, 0.15) is 12.5 Å². The highest BCUT2D eigenvalue weighted by atomic mass is 19.1. The summed E-state index contributed by atoms with van der Waals surface area (Å²) in [5.41, 5.74) is 0.177. The summed E-state index contributed by atoms with van der Waals surface area (Å²) in [4.78, 5) is 14.2. The first-order valence-corrected chi connectivity index (χ1v) is 4.12. The van der Waals surface area contributed by atoms with Crippen LogP contribution in [0, 0.1) is 5.95 Å². The van der Waals surface area contributed by atoms with Crippen LogP contribution in [-0.4, -0.2) is 22.7 Å². The third kappa shape index (κ3) is 2.69. The molecule has 0 aliphatic heterocycles. The van der Waals surface area contributed by atoms with Gasteiger partial charge in [0.05, 0.1) is 19.2 Å². The zero-order valence-corrected chi connectivity index (χ0v) is 7.66. The van der Waals surface area contributed by atoms with Crippen LogP contribution in [0.15, 0.2) is 12.3 Å². The molecule has 0 aliphatic carbocycles. The summed E-state index contributed by atoms with van der Waals surface area (Å²) in [5.74, 6) is -1.45. The molecular weight excluding hydrogens is 189 g/mol. The first kappa shape index (κ1) is 10.4. The maximum Gasteiger partial charge on any atom is 0.310 e. The number of pyridine rings is 1. The lowest BCUT2D eigenvalue weighted by Gasteiger charge is -2.03. The Balaban J connectivity index is 2.75. The summed E-state index contributed by atoms with van der Waals surface area (Å²) in [6.07, 6.45) is 0.809. The highest BCUT2D eigenvalue weighted by molar-refractivity contribution is 5.73. The van der Waals surface area contributed by atoms with Gasteiger partial charge in [0, 0.05) is 11.6 Å². The van der Waals surface area contributed by atoms with Gasteiger partial charge in [0.1, 0.15) is 5.75 Å². The van der Waals surface area contributed by atoms with Crippen molar-refractivity contribution in [1.82, 2.24) is 4.98 Å². The molecule has 5 heteroatoms. The lowest BCUT2D eigenvalue weighted by atomic mass is 10.2. The van der Waals surface area contributed by atoms with E-state index in [1.165, 1.54) is 0 Å². The summed E-state index contributed by atoms with van der Waals surface area (Å²) in [6.45, 7) is 1.93. The Bertz CT molecular complexity index is 341. The van der Waals surface area contributed by atoms with Gasteiger partial charge in [-0.15, -0.1) is 0 Å². The monoisotopic (exact) mass is 199 g/mol. The number of hydrogen-bond acceptors (Lipinski definition) is 4. The zero-order chi connectivity index (χ0) is 10.6. The standard InChI is InChI=1S/C9H10FNO3/c1-2-14-9(13)4-6-3-8(10)11-5-7(6)12/h3,5,12H,2,4H2,1H3. The normalized spacial score (nSPS) is 9.86. The Kier molecular flexibility index (Phi) is 3.39. The van der Waals surface area contributed by atoms with Crippen molar-refractivity contribution in [2.24, 2.45) is 0 Å². The number of carbonyl (C=O) groups is 1. The van der Waals surface area contributed by atoms with E-state index in [0.29, 0.717) is 0 Å². The van der Waals surface area contributed by atoms with Gasteiger partial charge >= 0.3 is 5.97 Å². The minimum Gasteiger partial charge on any atom is -0.506 e. The molecule has 4 nitrogen and oxygen atoms in total. The van der Waals surface area contributed by atoms with Crippen molar-refractivity contribution in [2.75, 3.05) is 6.61 Å². The maximum atomic E-state index is 12.6. The van der Waals surface area contributed by atoms with Gasteiger partial charge in [0.25, 0.3) is 0 Å². The molecule has 0 bridgehead atoms. The molecule has 1 N–H and O–H groups in total. The first-order chi connectivity index (χ1) is 6.63. The number of hydrogen-bond donors (Lipinski definition) is 1. The Morgan fingerprint density at radius 3 is 3.07 bits per heavy atom. The minimum absolute atomic E-state index is 0.154. The van der Waals surface area contributed by atoms with Gasteiger partial charge in [0.15, 0.2) is 0 Å². The summed E-state index contributed by atoms with van der Waals surface area (Å²) in [7, 11) is 0. The molecule has 0 radical (unpaired) electrons.